The quantitative estimate of drug-likeness (QED) is 0.891. The highest BCUT2D eigenvalue weighted by molar-refractivity contribution is 5.43. The van der Waals surface area contributed by atoms with Crippen molar-refractivity contribution in [3.63, 3.8) is 0 Å². The lowest BCUT2D eigenvalue weighted by Crippen LogP contribution is -2.32. The monoisotopic (exact) mass is 250 g/mol. The number of hydrogen-bond acceptors (Lipinski definition) is 3. The summed E-state index contributed by atoms with van der Waals surface area (Å²) in [5.74, 6) is 2.04. The molecule has 1 N–H and O–H groups in total. The first kappa shape index (κ1) is 13.2. The van der Waals surface area contributed by atoms with E-state index in [0.29, 0.717) is 12.3 Å². The lowest BCUT2D eigenvalue weighted by Gasteiger charge is -2.34. The molecule has 0 bridgehead atoms. The van der Waals surface area contributed by atoms with Crippen LogP contribution >= 0.6 is 0 Å². The number of fused-ring (bicyclic) bond motifs is 1. The molecular formula is C15H22O3. The minimum Gasteiger partial charge on any atom is -0.497 e. The van der Waals surface area contributed by atoms with Gasteiger partial charge in [-0.2, -0.15) is 0 Å². The zero-order valence-corrected chi connectivity index (χ0v) is 11.3. The highest BCUT2D eigenvalue weighted by atomic mass is 16.5. The van der Waals surface area contributed by atoms with E-state index < -0.39 is 6.10 Å². The number of rotatable bonds is 4. The van der Waals surface area contributed by atoms with E-state index in [1.54, 1.807) is 7.11 Å². The average molecular weight is 250 g/mol. The Hall–Kier alpha value is -1.22. The molecule has 18 heavy (non-hydrogen) atoms. The lowest BCUT2D eigenvalue weighted by molar-refractivity contribution is 0.0315. The molecule has 0 fully saturated rings. The lowest BCUT2D eigenvalue weighted by atomic mass is 9.88. The number of benzene rings is 1. The first-order valence-electron chi connectivity index (χ1n) is 6.72. The Morgan fingerprint density at radius 2 is 2.11 bits per heavy atom. The van der Waals surface area contributed by atoms with Crippen LogP contribution in [0, 0.1) is 5.92 Å². The van der Waals surface area contributed by atoms with Crippen molar-refractivity contribution in [1.29, 1.82) is 0 Å². The molecule has 0 saturated carbocycles. The van der Waals surface area contributed by atoms with Crippen LogP contribution < -0.4 is 9.47 Å². The summed E-state index contributed by atoms with van der Waals surface area (Å²) >= 11 is 0. The normalized spacial score (nSPS) is 22.5. The molecule has 1 aromatic carbocycles. The molecule has 100 valence electrons. The summed E-state index contributed by atoms with van der Waals surface area (Å²) in [5.41, 5.74) is 0.873. The summed E-state index contributed by atoms with van der Waals surface area (Å²) in [6.07, 6.45) is 2.52. The molecule has 0 aliphatic carbocycles. The molecule has 1 aliphatic heterocycles. The Kier molecular flexibility index (Phi) is 4.12. The fourth-order valence-corrected chi connectivity index (χ4v) is 2.68. The molecule has 0 aromatic heterocycles. The maximum absolute atomic E-state index is 10.2. The second kappa shape index (κ2) is 5.61. The van der Waals surface area contributed by atoms with Gasteiger partial charge in [-0.3, -0.25) is 0 Å². The second-order valence-electron chi connectivity index (χ2n) is 4.89. The first-order valence-corrected chi connectivity index (χ1v) is 6.72. The zero-order valence-electron chi connectivity index (χ0n) is 11.3. The minimum absolute atomic E-state index is 0.106. The molecule has 1 aromatic rings. The number of hydrogen-bond donors (Lipinski definition) is 1. The van der Waals surface area contributed by atoms with E-state index in [4.69, 9.17) is 9.47 Å². The van der Waals surface area contributed by atoms with Gasteiger partial charge in [0.15, 0.2) is 0 Å². The number of ether oxygens (including phenoxy) is 2. The molecule has 0 amide bonds. The molecule has 0 spiro atoms. The molecule has 2 rings (SSSR count). The predicted octanol–water partition coefficient (Wildman–Crippen LogP) is 3.32. The van der Waals surface area contributed by atoms with Gasteiger partial charge in [0, 0.05) is 18.1 Å². The van der Waals surface area contributed by atoms with E-state index in [2.05, 4.69) is 13.8 Å². The predicted molar refractivity (Wildman–Crippen MR) is 71.1 cm³/mol. The van der Waals surface area contributed by atoms with Crippen LogP contribution in [0.4, 0.5) is 0 Å². The van der Waals surface area contributed by atoms with Gasteiger partial charge in [-0.1, -0.05) is 13.8 Å². The summed E-state index contributed by atoms with van der Waals surface area (Å²) in [6.45, 7) is 4.34. The Bertz CT molecular complexity index is 399. The molecular weight excluding hydrogens is 228 g/mol. The Labute approximate surface area is 109 Å². The fraction of sp³-hybridized carbons (Fsp3) is 0.600. The zero-order chi connectivity index (χ0) is 13.1. The van der Waals surface area contributed by atoms with Crippen molar-refractivity contribution in [3.05, 3.63) is 23.8 Å². The SMILES string of the molecule is CCC(CC)C1C[C@H](O)c2ccc(OC)cc2O1. The van der Waals surface area contributed by atoms with Crippen LogP contribution in [0.25, 0.3) is 0 Å². The van der Waals surface area contributed by atoms with Gasteiger partial charge >= 0.3 is 0 Å². The van der Waals surface area contributed by atoms with Crippen LogP contribution in [0.5, 0.6) is 11.5 Å². The molecule has 0 saturated heterocycles. The van der Waals surface area contributed by atoms with Crippen molar-refractivity contribution in [2.45, 2.75) is 45.3 Å². The smallest absolute Gasteiger partial charge is 0.129 e. The third-order valence-electron chi connectivity index (χ3n) is 3.89. The van der Waals surface area contributed by atoms with Crippen LogP contribution in [-0.2, 0) is 0 Å². The molecule has 1 aliphatic rings. The van der Waals surface area contributed by atoms with Gasteiger partial charge in [0.05, 0.1) is 13.2 Å². The van der Waals surface area contributed by atoms with Gasteiger partial charge in [0.25, 0.3) is 0 Å². The van der Waals surface area contributed by atoms with Gasteiger partial charge in [-0.25, -0.2) is 0 Å². The molecule has 3 heteroatoms. The third kappa shape index (κ3) is 2.46. The molecule has 1 heterocycles. The second-order valence-corrected chi connectivity index (χ2v) is 4.89. The Morgan fingerprint density at radius 3 is 2.72 bits per heavy atom. The highest BCUT2D eigenvalue weighted by Crippen LogP contribution is 2.39. The van der Waals surface area contributed by atoms with E-state index in [9.17, 15) is 5.11 Å². The maximum atomic E-state index is 10.2. The van der Waals surface area contributed by atoms with Crippen molar-refractivity contribution >= 4 is 0 Å². The van der Waals surface area contributed by atoms with Crippen molar-refractivity contribution in [1.82, 2.24) is 0 Å². The Balaban J connectivity index is 2.25. The summed E-state index contributed by atoms with van der Waals surface area (Å²) in [6, 6.07) is 5.62. The number of aliphatic hydroxyl groups excluding tert-OH is 1. The first-order chi connectivity index (χ1) is 8.69. The molecule has 1 unspecified atom stereocenters. The standard InChI is InChI=1S/C15H22O3/c1-4-10(5-2)14-9-13(16)12-7-6-11(17-3)8-15(12)18-14/h6-8,10,13-14,16H,4-5,9H2,1-3H3/t13-,14?/m0/s1. The third-order valence-corrected chi connectivity index (χ3v) is 3.89. The van der Waals surface area contributed by atoms with E-state index in [1.807, 2.05) is 18.2 Å². The van der Waals surface area contributed by atoms with Crippen molar-refractivity contribution in [2.24, 2.45) is 5.92 Å². The average Bonchev–Trinajstić information content (AvgIpc) is 2.39. The summed E-state index contributed by atoms with van der Waals surface area (Å²) in [5, 5.41) is 10.2. The fourth-order valence-electron chi connectivity index (χ4n) is 2.68. The van der Waals surface area contributed by atoms with Crippen molar-refractivity contribution in [2.75, 3.05) is 7.11 Å². The van der Waals surface area contributed by atoms with Gasteiger partial charge in [0.1, 0.15) is 17.6 Å². The van der Waals surface area contributed by atoms with Crippen LogP contribution in [0.1, 0.15) is 44.8 Å². The van der Waals surface area contributed by atoms with Crippen LogP contribution in [0.2, 0.25) is 0 Å². The van der Waals surface area contributed by atoms with Gasteiger partial charge in [-0.15, -0.1) is 0 Å². The van der Waals surface area contributed by atoms with Crippen LogP contribution in [0.15, 0.2) is 18.2 Å². The minimum atomic E-state index is -0.426. The van der Waals surface area contributed by atoms with E-state index in [1.165, 1.54) is 0 Å². The van der Waals surface area contributed by atoms with Gasteiger partial charge in [-0.05, 0) is 30.9 Å². The van der Waals surface area contributed by atoms with Crippen LogP contribution in [0.3, 0.4) is 0 Å². The van der Waals surface area contributed by atoms with E-state index >= 15 is 0 Å². The number of aliphatic hydroxyl groups is 1. The molecule has 0 radical (unpaired) electrons. The van der Waals surface area contributed by atoms with E-state index in [0.717, 1.165) is 29.9 Å². The van der Waals surface area contributed by atoms with Gasteiger partial charge < -0.3 is 14.6 Å². The maximum Gasteiger partial charge on any atom is 0.129 e. The van der Waals surface area contributed by atoms with Crippen LogP contribution in [-0.4, -0.2) is 18.3 Å². The largest absolute Gasteiger partial charge is 0.497 e. The van der Waals surface area contributed by atoms with Gasteiger partial charge in [0.2, 0.25) is 0 Å². The van der Waals surface area contributed by atoms with E-state index in [-0.39, 0.29) is 6.10 Å². The summed E-state index contributed by atoms with van der Waals surface area (Å²) in [7, 11) is 1.64. The Morgan fingerprint density at radius 1 is 1.39 bits per heavy atom. The van der Waals surface area contributed by atoms with Crippen molar-refractivity contribution < 1.29 is 14.6 Å². The van der Waals surface area contributed by atoms with Crippen molar-refractivity contribution in [3.8, 4) is 11.5 Å². The number of methoxy groups -OCH3 is 1. The topological polar surface area (TPSA) is 38.7 Å². The summed E-state index contributed by atoms with van der Waals surface area (Å²) in [4.78, 5) is 0. The highest BCUT2D eigenvalue weighted by Gasteiger charge is 2.31. The summed E-state index contributed by atoms with van der Waals surface area (Å²) < 4.78 is 11.3. The molecule has 3 nitrogen and oxygen atoms in total. The molecule has 2 atom stereocenters.